The molecule has 0 aliphatic heterocycles. The summed E-state index contributed by atoms with van der Waals surface area (Å²) in [6.45, 7) is 2.34. The maximum atomic E-state index is 5.30. The molecule has 1 aromatic rings. The SMILES string of the molecule is COc1cccc(C2CC(NC(C)CC3CC3)C2)c1. The molecule has 0 radical (unpaired) electrons. The first-order chi connectivity index (χ1) is 9.24. The van der Waals surface area contributed by atoms with Crippen LogP contribution in [0.4, 0.5) is 0 Å². The van der Waals surface area contributed by atoms with Gasteiger partial charge in [0.2, 0.25) is 0 Å². The van der Waals surface area contributed by atoms with Crippen molar-refractivity contribution >= 4 is 0 Å². The number of benzene rings is 1. The zero-order valence-electron chi connectivity index (χ0n) is 12.1. The summed E-state index contributed by atoms with van der Waals surface area (Å²) in [5, 5.41) is 3.78. The molecule has 2 fully saturated rings. The second-order valence-electron chi connectivity index (χ2n) is 6.39. The Morgan fingerprint density at radius 1 is 1.32 bits per heavy atom. The highest BCUT2D eigenvalue weighted by Crippen LogP contribution is 2.39. The first kappa shape index (κ1) is 13.0. The fourth-order valence-corrected chi connectivity index (χ4v) is 3.25. The average molecular weight is 259 g/mol. The number of nitrogens with one attached hydrogen (secondary N) is 1. The van der Waals surface area contributed by atoms with Crippen LogP contribution in [0.3, 0.4) is 0 Å². The van der Waals surface area contributed by atoms with E-state index in [1.165, 1.54) is 37.7 Å². The highest BCUT2D eigenvalue weighted by atomic mass is 16.5. The molecule has 0 aromatic heterocycles. The number of rotatable bonds is 6. The Morgan fingerprint density at radius 3 is 2.79 bits per heavy atom. The highest BCUT2D eigenvalue weighted by molar-refractivity contribution is 5.32. The molecule has 2 saturated carbocycles. The molecule has 0 bridgehead atoms. The molecular formula is C17H25NO. The molecule has 0 spiro atoms. The molecule has 1 N–H and O–H groups in total. The maximum Gasteiger partial charge on any atom is 0.119 e. The Bertz CT molecular complexity index is 421. The number of ether oxygens (including phenoxy) is 1. The van der Waals surface area contributed by atoms with E-state index in [-0.39, 0.29) is 0 Å². The summed E-state index contributed by atoms with van der Waals surface area (Å²) in [4.78, 5) is 0. The quantitative estimate of drug-likeness (QED) is 0.840. The predicted molar refractivity (Wildman–Crippen MR) is 78.7 cm³/mol. The fraction of sp³-hybridized carbons (Fsp3) is 0.647. The summed E-state index contributed by atoms with van der Waals surface area (Å²) in [7, 11) is 1.74. The molecule has 0 heterocycles. The van der Waals surface area contributed by atoms with E-state index >= 15 is 0 Å². The first-order valence-corrected chi connectivity index (χ1v) is 7.64. The predicted octanol–water partition coefficient (Wildman–Crippen LogP) is 3.72. The van der Waals surface area contributed by atoms with Crippen LogP contribution in [-0.4, -0.2) is 19.2 Å². The Balaban J connectivity index is 1.46. The van der Waals surface area contributed by atoms with Gasteiger partial charge in [-0.1, -0.05) is 25.0 Å². The van der Waals surface area contributed by atoms with Gasteiger partial charge in [-0.25, -0.2) is 0 Å². The number of hydrogen-bond donors (Lipinski definition) is 1. The van der Waals surface area contributed by atoms with Crippen LogP contribution in [0.1, 0.15) is 50.5 Å². The highest BCUT2D eigenvalue weighted by Gasteiger charge is 2.32. The van der Waals surface area contributed by atoms with Crippen molar-refractivity contribution in [3.05, 3.63) is 29.8 Å². The molecule has 2 aliphatic carbocycles. The fourth-order valence-electron chi connectivity index (χ4n) is 3.25. The summed E-state index contributed by atoms with van der Waals surface area (Å²) in [5.74, 6) is 2.73. The molecule has 1 atom stereocenters. The maximum absolute atomic E-state index is 5.30. The van der Waals surface area contributed by atoms with Crippen LogP contribution in [0.5, 0.6) is 5.75 Å². The molecule has 1 unspecified atom stereocenters. The molecular weight excluding hydrogens is 234 g/mol. The van der Waals surface area contributed by atoms with Gasteiger partial charge in [0.15, 0.2) is 0 Å². The second kappa shape index (κ2) is 5.54. The zero-order chi connectivity index (χ0) is 13.2. The van der Waals surface area contributed by atoms with Gasteiger partial charge in [0.1, 0.15) is 5.75 Å². The third kappa shape index (κ3) is 3.30. The van der Waals surface area contributed by atoms with Gasteiger partial charge in [-0.15, -0.1) is 0 Å². The molecule has 2 nitrogen and oxygen atoms in total. The normalized spacial score (nSPS) is 27.7. The van der Waals surface area contributed by atoms with Crippen molar-refractivity contribution in [1.82, 2.24) is 5.32 Å². The first-order valence-electron chi connectivity index (χ1n) is 7.64. The van der Waals surface area contributed by atoms with Crippen LogP contribution in [0, 0.1) is 5.92 Å². The van der Waals surface area contributed by atoms with Gasteiger partial charge in [-0.05, 0) is 55.7 Å². The van der Waals surface area contributed by atoms with E-state index in [0.717, 1.165) is 23.6 Å². The van der Waals surface area contributed by atoms with Crippen molar-refractivity contribution < 1.29 is 4.74 Å². The lowest BCUT2D eigenvalue weighted by Crippen LogP contribution is -2.44. The van der Waals surface area contributed by atoms with Crippen LogP contribution in [0.25, 0.3) is 0 Å². The Labute approximate surface area is 116 Å². The lowest BCUT2D eigenvalue weighted by Gasteiger charge is -2.38. The lowest BCUT2D eigenvalue weighted by molar-refractivity contribution is 0.261. The van der Waals surface area contributed by atoms with Gasteiger partial charge >= 0.3 is 0 Å². The minimum absolute atomic E-state index is 0.698. The Kier molecular flexibility index (Phi) is 3.79. The van der Waals surface area contributed by atoms with E-state index in [1.807, 2.05) is 6.07 Å². The molecule has 19 heavy (non-hydrogen) atoms. The summed E-state index contributed by atoms with van der Waals surface area (Å²) in [5.41, 5.74) is 1.44. The van der Waals surface area contributed by atoms with E-state index in [0.29, 0.717) is 6.04 Å². The zero-order valence-corrected chi connectivity index (χ0v) is 12.1. The van der Waals surface area contributed by atoms with Crippen molar-refractivity contribution in [3.63, 3.8) is 0 Å². The molecule has 3 rings (SSSR count). The second-order valence-corrected chi connectivity index (χ2v) is 6.39. The van der Waals surface area contributed by atoms with Crippen LogP contribution in [-0.2, 0) is 0 Å². The van der Waals surface area contributed by atoms with Crippen LogP contribution in [0.2, 0.25) is 0 Å². The molecule has 0 saturated heterocycles. The van der Waals surface area contributed by atoms with Gasteiger partial charge in [0, 0.05) is 12.1 Å². The molecule has 2 aliphatic rings. The van der Waals surface area contributed by atoms with Gasteiger partial charge in [0.05, 0.1) is 7.11 Å². The minimum Gasteiger partial charge on any atom is -0.497 e. The van der Waals surface area contributed by atoms with Gasteiger partial charge < -0.3 is 10.1 Å². The van der Waals surface area contributed by atoms with Gasteiger partial charge in [0.25, 0.3) is 0 Å². The van der Waals surface area contributed by atoms with E-state index in [2.05, 4.69) is 30.4 Å². The molecule has 2 heteroatoms. The lowest BCUT2D eigenvalue weighted by atomic mass is 9.75. The van der Waals surface area contributed by atoms with Crippen LogP contribution in [0.15, 0.2) is 24.3 Å². The standard InChI is InChI=1S/C17H25NO/c1-12(8-13-6-7-13)18-16-9-15(10-16)14-4-3-5-17(11-14)19-2/h3-5,11-13,15-16,18H,6-10H2,1-2H3. The van der Waals surface area contributed by atoms with E-state index < -0.39 is 0 Å². The van der Waals surface area contributed by atoms with Crippen molar-refractivity contribution in [3.8, 4) is 5.75 Å². The molecule has 1 aromatic carbocycles. The number of methoxy groups -OCH3 is 1. The molecule has 104 valence electrons. The van der Waals surface area contributed by atoms with Crippen LogP contribution < -0.4 is 10.1 Å². The summed E-state index contributed by atoms with van der Waals surface area (Å²) in [6.07, 6.45) is 6.86. The minimum atomic E-state index is 0.698. The van der Waals surface area contributed by atoms with Crippen LogP contribution >= 0.6 is 0 Å². The van der Waals surface area contributed by atoms with E-state index in [1.54, 1.807) is 7.11 Å². The largest absolute Gasteiger partial charge is 0.497 e. The van der Waals surface area contributed by atoms with E-state index in [9.17, 15) is 0 Å². The van der Waals surface area contributed by atoms with Crippen molar-refractivity contribution in [2.45, 2.75) is 57.0 Å². The topological polar surface area (TPSA) is 21.3 Å². The van der Waals surface area contributed by atoms with Gasteiger partial charge in [-0.2, -0.15) is 0 Å². The third-order valence-electron chi connectivity index (χ3n) is 4.61. The van der Waals surface area contributed by atoms with Crippen molar-refractivity contribution in [1.29, 1.82) is 0 Å². The van der Waals surface area contributed by atoms with Gasteiger partial charge in [-0.3, -0.25) is 0 Å². The Hall–Kier alpha value is -1.02. The Morgan fingerprint density at radius 2 is 2.11 bits per heavy atom. The average Bonchev–Trinajstić information content (AvgIpc) is 3.17. The van der Waals surface area contributed by atoms with Crippen molar-refractivity contribution in [2.24, 2.45) is 5.92 Å². The van der Waals surface area contributed by atoms with E-state index in [4.69, 9.17) is 4.74 Å². The smallest absolute Gasteiger partial charge is 0.119 e. The summed E-state index contributed by atoms with van der Waals surface area (Å²) < 4.78 is 5.30. The third-order valence-corrected chi connectivity index (χ3v) is 4.61. The number of hydrogen-bond acceptors (Lipinski definition) is 2. The molecule has 0 amide bonds. The monoisotopic (exact) mass is 259 g/mol. The summed E-state index contributed by atoms with van der Waals surface area (Å²) in [6, 6.07) is 9.97. The summed E-state index contributed by atoms with van der Waals surface area (Å²) >= 11 is 0. The van der Waals surface area contributed by atoms with Crippen molar-refractivity contribution in [2.75, 3.05) is 7.11 Å².